The van der Waals surface area contributed by atoms with Gasteiger partial charge in [-0.2, -0.15) is 0 Å². The average molecular weight is 298 g/mol. The maximum absolute atomic E-state index is 14.4. The van der Waals surface area contributed by atoms with Crippen molar-refractivity contribution in [3.8, 4) is 11.1 Å². The summed E-state index contributed by atoms with van der Waals surface area (Å²) in [6.07, 6.45) is 7.13. The number of rotatable bonds is 3. The third kappa shape index (κ3) is 2.55. The lowest BCUT2D eigenvalue weighted by atomic mass is 9.91. The Balaban J connectivity index is 1.81. The molecule has 2 heteroatoms. The SMILES string of the molecule is Fc1ccc(C2CC2)c(-c2cc(C3CCCC3)ccc2F)c1. The van der Waals surface area contributed by atoms with Gasteiger partial charge in [0.05, 0.1) is 0 Å². The van der Waals surface area contributed by atoms with Crippen molar-refractivity contribution in [2.75, 3.05) is 0 Å². The van der Waals surface area contributed by atoms with Crippen LogP contribution in [0.25, 0.3) is 11.1 Å². The minimum absolute atomic E-state index is 0.241. The van der Waals surface area contributed by atoms with Gasteiger partial charge in [0.2, 0.25) is 0 Å². The molecular formula is C20H20F2. The Morgan fingerprint density at radius 2 is 1.50 bits per heavy atom. The van der Waals surface area contributed by atoms with Gasteiger partial charge in [0.25, 0.3) is 0 Å². The second-order valence-corrected chi connectivity index (χ2v) is 6.73. The molecule has 2 fully saturated rings. The van der Waals surface area contributed by atoms with Crippen molar-refractivity contribution >= 4 is 0 Å². The molecule has 0 radical (unpaired) electrons. The summed E-state index contributed by atoms with van der Waals surface area (Å²) in [5, 5.41) is 0. The van der Waals surface area contributed by atoms with Gasteiger partial charge in [-0.3, -0.25) is 0 Å². The van der Waals surface area contributed by atoms with Crippen LogP contribution in [0.5, 0.6) is 0 Å². The van der Waals surface area contributed by atoms with E-state index in [-0.39, 0.29) is 11.6 Å². The average Bonchev–Trinajstić information content (AvgIpc) is 3.21. The van der Waals surface area contributed by atoms with Gasteiger partial charge in [0, 0.05) is 5.56 Å². The van der Waals surface area contributed by atoms with Crippen molar-refractivity contribution in [3.05, 3.63) is 59.2 Å². The van der Waals surface area contributed by atoms with E-state index in [1.54, 1.807) is 6.07 Å². The third-order valence-electron chi connectivity index (χ3n) is 5.14. The first-order valence-corrected chi connectivity index (χ1v) is 8.31. The number of hydrogen-bond acceptors (Lipinski definition) is 0. The molecule has 0 N–H and O–H groups in total. The lowest BCUT2D eigenvalue weighted by Gasteiger charge is -2.15. The minimum Gasteiger partial charge on any atom is -0.207 e. The van der Waals surface area contributed by atoms with Crippen LogP contribution in [0.4, 0.5) is 8.78 Å². The van der Waals surface area contributed by atoms with Crippen LogP contribution in [0.3, 0.4) is 0 Å². The van der Waals surface area contributed by atoms with E-state index in [4.69, 9.17) is 0 Å². The van der Waals surface area contributed by atoms with Crippen molar-refractivity contribution < 1.29 is 8.78 Å². The Bertz CT molecular complexity index is 695. The van der Waals surface area contributed by atoms with Gasteiger partial charge >= 0.3 is 0 Å². The minimum atomic E-state index is -0.287. The molecule has 0 nitrogen and oxygen atoms in total. The van der Waals surface area contributed by atoms with Crippen molar-refractivity contribution in [2.24, 2.45) is 0 Å². The van der Waals surface area contributed by atoms with Crippen LogP contribution < -0.4 is 0 Å². The highest BCUT2D eigenvalue weighted by atomic mass is 19.1. The van der Waals surface area contributed by atoms with Gasteiger partial charge in [-0.1, -0.05) is 25.0 Å². The van der Waals surface area contributed by atoms with Crippen LogP contribution in [0.2, 0.25) is 0 Å². The Hall–Kier alpha value is -1.70. The Morgan fingerprint density at radius 1 is 0.727 bits per heavy atom. The quantitative estimate of drug-likeness (QED) is 0.636. The fourth-order valence-corrected chi connectivity index (χ4v) is 3.77. The molecule has 22 heavy (non-hydrogen) atoms. The first kappa shape index (κ1) is 13.9. The molecule has 114 valence electrons. The molecule has 0 heterocycles. The van der Waals surface area contributed by atoms with E-state index in [1.807, 2.05) is 18.2 Å². The molecule has 0 atom stereocenters. The zero-order valence-corrected chi connectivity index (χ0v) is 12.6. The molecule has 4 rings (SSSR count). The number of hydrogen-bond donors (Lipinski definition) is 0. The first-order valence-electron chi connectivity index (χ1n) is 8.31. The Labute approximate surface area is 130 Å². The topological polar surface area (TPSA) is 0 Å². The van der Waals surface area contributed by atoms with Crippen LogP contribution in [0.15, 0.2) is 36.4 Å². The predicted molar refractivity (Wildman–Crippen MR) is 85.0 cm³/mol. The number of halogens is 2. The fourth-order valence-electron chi connectivity index (χ4n) is 3.77. The maximum atomic E-state index is 14.4. The van der Waals surface area contributed by atoms with E-state index in [9.17, 15) is 8.78 Å². The summed E-state index contributed by atoms with van der Waals surface area (Å²) in [6.45, 7) is 0. The molecule has 2 saturated carbocycles. The van der Waals surface area contributed by atoms with Crippen LogP contribution >= 0.6 is 0 Å². The molecule has 0 aromatic heterocycles. The van der Waals surface area contributed by atoms with Crippen LogP contribution in [-0.4, -0.2) is 0 Å². The summed E-state index contributed by atoms with van der Waals surface area (Å²) >= 11 is 0. The number of benzene rings is 2. The van der Waals surface area contributed by atoms with Gasteiger partial charge in [-0.05, 0) is 78.5 Å². The van der Waals surface area contributed by atoms with Crippen molar-refractivity contribution in [2.45, 2.75) is 50.4 Å². The summed E-state index contributed by atoms with van der Waals surface area (Å²) < 4.78 is 28.1. The third-order valence-corrected chi connectivity index (χ3v) is 5.14. The van der Waals surface area contributed by atoms with Gasteiger partial charge < -0.3 is 0 Å². The van der Waals surface area contributed by atoms with Crippen LogP contribution in [-0.2, 0) is 0 Å². The molecule has 2 aliphatic carbocycles. The van der Waals surface area contributed by atoms with Gasteiger partial charge in [0.15, 0.2) is 0 Å². The normalized spacial score (nSPS) is 18.8. The highest BCUT2D eigenvalue weighted by Gasteiger charge is 2.28. The van der Waals surface area contributed by atoms with Crippen molar-refractivity contribution in [3.63, 3.8) is 0 Å². The zero-order valence-electron chi connectivity index (χ0n) is 12.6. The molecule has 2 aromatic rings. The lowest BCUT2D eigenvalue weighted by molar-refractivity contribution is 0.622. The van der Waals surface area contributed by atoms with Crippen LogP contribution in [0, 0.1) is 11.6 Å². The van der Waals surface area contributed by atoms with E-state index < -0.39 is 0 Å². The van der Waals surface area contributed by atoms with Crippen molar-refractivity contribution in [1.29, 1.82) is 0 Å². The van der Waals surface area contributed by atoms with E-state index in [2.05, 4.69) is 0 Å². The molecule has 0 spiro atoms. The lowest BCUT2D eigenvalue weighted by Crippen LogP contribution is -1.97. The molecule has 0 unspecified atom stereocenters. The molecule has 2 aromatic carbocycles. The van der Waals surface area contributed by atoms with Crippen LogP contribution in [0.1, 0.15) is 61.5 Å². The second kappa shape index (κ2) is 5.49. The Morgan fingerprint density at radius 3 is 2.23 bits per heavy atom. The molecule has 0 bridgehead atoms. The summed E-state index contributed by atoms with van der Waals surface area (Å²) in [5.41, 5.74) is 3.63. The van der Waals surface area contributed by atoms with E-state index in [0.29, 0.717) is 17.4 Å². The summed E-state index contributed by atoms with van der Waals surface area (Å²) in [7, 11) is 0. The molecule has 0 saturated heterocycles. The van der Waals surface area contributed by atoms with E-state index in [1.165, 1.54) is 43.4 Å². The largest absolute Gasteiger partial charge is 0.207 e. The van der Waals surface area contributed by atoms with E-state index in [0.717, 1.165) is 24.0 Å². The van der Waals surface area contributed by atoms with Gasteiger partial charge in [-0.25, -0.2) is 8.78 Å². The summed E-state index contributed by atoms with van der Waals surface area (Å²) in [4.78, 5) is 0. The van der Waals surface area contributed by atoms with Gasteiger partial charge in [0.1, 0.15) is 11.6 Å². The molecule has 0 aliphatic heterocycles. The standard InChI is InChI=1S/C20H20F2/c21-16-8-9-17(14-5-6-14)18(12-16)19-11-15(7-10-20(19)22)13-3-1-2-4-13/h7-14H,1-6H2. The monoisotopic (exact) mass is 298 g/mol. The molecular weight excluding hydrogens is 278 g/mol. The second-order valence-electron chi connectivity index (χ2n) is 6.73. The highest BCUT2D eigenvalue weighted by molar-refractivity contribution is 5.70. The zero-order chi connectivity index (χ0) is 15.1. The van der Waals surface area contributed by atoms with Gasteiger partial charge in [-0.15, -0.1) is 0 Å². The smallest absolute Gasteiger partial charge is 0.131 e. The molecule has 2 aliphatic rings. The predicted octanol–water partition coefficient (Wildman–Crippen LogP) is 6.17. The first-order chi connectivity index (χ1) is 10.7. The summed E-state index contributed by atoms with van der Waals surface area (Å²) in [5.74, 6) is 0.488. The Kier molecular flexibility index (Phi) is 3.48. The van der Waals surface area contributed by atoms with E-state index >= 15 is 0 Å². The molecule has 0 amide bonds. The summed E-state index contributed by atoms with van der Waals surface area (Å²) in [6, 6.07) is 10.3. The maximum Gasteiger partial charge on any atom is 0.131 e. The fraction of sp³-hybridized carbons (Fsp3) is 0.400. The highest BCUT2D eigenvalue weighted by Crippen LogP contribution is 2.45. The van der Waals surface area contributed by atoms with Crippen molar-refractivity contribution in [1.82, 2.24) is 0 Å².